The molecule has 0 amide bonds. The predicted octanol–water partition coefficient (Wildman–Crippen LogP) is 1.68. The molecule has 5 nitrogen and oxygen atoms in total. The van der Waals surface area contributed by atoms with Crippen molar-refractivity contribution in [1.82, 2.24) is 9.78 Å². The Bertz CT molecular complexity index is 622. The summed E-state index contributed by atoms with van der Waals surface area (Å²) in [6.07, 6.45) is 0. The van der Waals surface area contributed by atoms with Crippen LogP contribution in [0, 0.1) is 5.92 Å². The molecule has 0 unspecified atom stereocenters. The van der Waals surface area contributed by atoms with Gasteiger partial charge in [0.15, 0.2) is 0 Å². The van der Waals surface area contributed by atoms with E-state index in [1.54, 1.807) is 10.7 Å². The Morgan fingerprint density at radius 1 is 1.47 bits per heavy atom. The lowest BCUT2D eigenvalue weighted by Crippen LogP contribution is -2.09. The summed E-state index contributed by atoms with van der Waals surface area (Å²) in [5.41, 5.74) is 0.648. The minimum absolute atomic E-state index is 0.183. The first-order chi connectivity index (χ1) is 7.99. The van der Waals surface area contributed by atoms with Crippen molar-refractivity contribution >= 4 is 16.9 Å². The number of H-pyrrole nitrogens is 1. The van der Waals surface area contributed by atoms with E-state index in [4.69, 9.17) is 5.11 Å². The normalized spacial score (nSPS) is 11.2. The maximum absolute atomic E-state index is 11.6. The van der Waals surface area contributed by atoms with Crippen molar-refractivity contribution in [3.63, 3.8) is 0 Å². The van der Waals surface area contributed by atoms with Crippen LogP contribution < -0.4 is 5.56 Å². The first kappa shape index (κ1) is 11.4. The highest BCUT2D eigenvalue weighted by Gasteiger charge is 2.11. The number of carbonyl (C=O) groups is 1. The second-order valence-electron chi connectivity index (χ2n) is 4.48. The topological polar surface area (TPSA) is 75.1 Å². The minimum atomic E-state index is -0.989. The molecular weight excluding hydrogens is 220 g/mol. The summed E-state index contributed by atoms with van der Waals surface area (Å²) in [6, 6.07) is 4.52. The average Bonchev–Trinajstić information content (AvgIpc) is 2.54. The van der Waals surface area contributed by atoms with Crippen LogP contribution in [0.5, 0.6) is 0 Å². The lowest BCUT2D eigenvalue weighted by Gasteiger charge is -2.07. The van der Waals surface area contributed by atoms with E-state index in [9.17, 15) is 9.59 Å². The Kier molecular flexibility index (Phi) is 2.75. The molecule has 2 aromatic rings. The molecule has 0 saturated heterocycles. The second-order valence-corrected chi connectivity index (χ2v) is 4.48. The van der Waals surface area contributed by atoms with Crippen molar-refractivity contribution in [3.05, 3.63) is 34.1 Å². The number of rotatable bonds is 3. The van der Waals surface area contributed by atoms with Gasteiger partial charge in [0.1, 0.15) is 0 Å². The number of carboxylic acid groups (broad SMARTS) is 1. The molecular formula is C12H14N2O3. The molecule has 2 N–H and O–H groups in total. The molecule has 0 spiro atoms. The van der Waals surface area contributed by atoms with Crippen molar-refractivity contribution in [2.24, 2.45) is 5.92 Å². The molecule has 90 valence electrons. The summed E-state index contributed by atoms with van der Waals surface area (Å²) in [6.45, 7) is 4.72. The van der Waals surface area contributed by atoms with Gasteiger partial charge in [0.05, 0.1) is 16.5 Å². The Morgan fingerprint density at radius 2 is 2.18 bits per heavy atom. The SMILES string of the molecule is CC(C)Cn1[nH]c(=O)c2ccc(C(=O)O)cc21. The molecule has 0 atom stereocenters. The van der Waals surface area contributed by atoms with Gasteiger partial charge in [-0.3, -0.25) is 14.6 Å². The summed E-state index contributed by atoms with van der Waals surface area (Å²) >= 11 is 0. The van der Waals surface area contributed by atoms with Crippen LogP contribution in [0.25, 0.3) is 10.9 Å². The summed E-state index contributed by atoms with van der Waals surface area (Å²) in [5.74, 6) is -0.619. The number of nitrogens with zero attached hydrogens (tertiary/aromatic N) is 1. The molecule has 0 aliphatic carbocycles. The molecule has 0 aliphatic heterocycles. The van der Waals surface area contributed by atoms with E-state index in [1.165, 1.54) is 12.1 Å². The van der Waals surface area contributed by atoms with Gasteiger partial charge in [0, 0.05) is 6.54 Å². The average molecular weight is 234 g/mol. The largest absolute Gasteiger partial charge is 0.478 e. The standard InChI is InChI=1S/C12H14N2O3/c1-7(2)6-14-10-5-8(12(16)17)3-4-9(10)11(15)13-14/h3-5,7H,6H2,1-2H3,(H,13,15)(H,16,17). The maximum atomic E-state index is 11.6. The van der Waals surface area contributed by atoms with E-state index in [2.05, 4.69) is 5.10 Å². The molecule has 0 aliphatic rings. The smallest absolute Gasteiger partial charge is 0.335 e. The fourth-order valence-electron chi connectivity index (χ4n) is 1.83. The third-order valence-corrected chi connectivity index (χ3v) is 2.56. The molecule has 0 bridgehead atoms. The van der Waals surface area contributed by atoms with Crippen molar-refractivity contribution in [2.75, 3.05) is 0 Å². The molecule has 1 heterocycles. The minimum Gasteiger partial charge on any atom is -0.478 e. The Balaban J connectivity index is 2.64. The van der Waals surface area contributed by atoms with Gasteiger partial charge in [-0.1, -0.05) is 13.8 Å². The van der Waals surface area contributed by atoms with Crippen LogP contribution in [0.3, 0.4) is 0 Å². The predicted molar refractivity (Wildman–Crippen MR) is 64.4 cm³/mol. The Morgan fingerprint density at radius 3 is 2.76 bits per heavy atom. The van der Waals surface area contributed by atoms with E-state index in [0.29, 0.717) is 23.4 Å². The number of carboxylic acids is 1. The van der Waals surface area contributed by atoms with Crippen molar-refractivity contribution < 1.29 is 9.90 Å². The summed E-state index contributed by atoms with van der Waals surface area (Å²) in [5, 5.41) is 12.2. The number of hydrogen-bond acceptors (Lipinski definition) is 2. The molecule has 0 saturated carbocycles. The number of aromatic carboxylic acids is 1. The third kappa shape index (κ3) is 2.08. The van der Waals surface area contributed by atoms with Gasteiger partial charge < -0.3 is 5.11 Å². The van der Waals surface area contributed by atoms with Crippen LogP contribution in [-0.4, -0.2) is 20.9 Å². The highest BCUT2D eigenvalue weighted by molar-refractivity contribution is 5.93. The molecule has 0 radical (unpaired) electrons. The number of hydrogen-bond donors (Lipinski definition) is 2. The number of fused-ring (bicyclic) bond motifs is 1. The fourth-order valence-corrected chi connectivity index (χ4v) is 1.83. The van der Waals surface area contributed by atoms with Gasteiger partial charge in [0.25, 0.3) is 5.56 Å². The van der Waals surface area contributed by atoms with Crippen molar-refractivity contribution in [2.45, 2.75) is 20.4 Å². The van der Waals surface area contributed by atoms with Gasteiger partial charge in [-0.15, -0.1) is 0 Å². The fraction of sp³-hybridized carbons (Fsp3) is 0.333. The lowest BCUT2D eigenvalue weighted by molar-refractivity contribution is 0.0697. The summed E-state index contributed by atoms with van der Waals surface area (Å²) in [7, 11) is 0. The molecule has 0 fully saturated rings. The Hall–Kier alpha value is -2.04. The monoisotopic (exact) mass is 234 g/mol. The highest BCUT2D eigenvalue weighted by atomic mass is 16.4. The van der Waals surface area contributed by atoms with E-state index in [1.807, 2.05) is 13.8 Å². The van der Waals surface area contributed by atoms with Crippen LogP contribution in [0.1, 0.15) is 24.2 Å². The zero-order valence-electron chi connectivity index (χ0n) is 9.73. The van der Waals surface area contributed by atoms with Crippen molar-refractivity contribution in [1.29, 1.82) is 0 Å². The second kappa shape index (κ2) is 4.08. The van der Waals surface area contributed by atoms with Crippen LogP contribution >= 0.6 is 0 Å². The van der Waals surface area contributed by atoms with E-state index in [0.717, 1.165) is 0 Å². The van der Waals surface area contributed by atoms with Gasteiger partial charge in [0.2, 0.25) is 0 Å². The van der Waals surface area contributed by atoms with E-state index < -0.39 is 5.97 Å². The quantitative estimate of drug-likeness (QED) is 0.848. The summed E-state index contributed by atoms with van der Waals surface area (Å²) < 4.78 is 1.70. The van der Waals surface area contributed by atoms with Gasteiger partial charge in [-0.25, -0.2) is 4.79 Å². The number of aromatic nitrogens is 2. The summed E-state index contributed by atoms with van der Waals surface area (Å²) in [4.78, 5) is 22.5. The molecule has 2 rings (SSSR count). The maximum Gasteiger partial charge on any atom is 0.335 e. The molecule has 17 heavy (non-hydrogen) atoms. The van der Waals surface area contributed by atoms with Gasteiger partial charge in [-0.05, 0) is 24.1 Å². The number of aromatic amines is 1. The van der Waals surface area contributed by atoms with E-state index in [-0.39, 0.29) is 11.1 Å². The number of benzene rings is 1. The van der Waals surface area contributed by atoms with Gasteiger partial charge >= 0.3 is 5.97 Å². The zero-order valence-corrected chi connectivity index (χ0v) is 9.73. The Labute approximate surface area is 97.7 Å². The van der Waals surface area contributed by atoms with Crippen molar-refractivity contribution in [3.8, 4) is 0 Å². The molecule has 1 aromatic carbocycles. The highest BCUT2D eigenvalue weighted by Crippen LogP contribution is 2.14. The van der Waals surface area contributed by atoms with E-state index >= 15 is 0 Å². The van der Waals surface area contributed by atoms with Crippen LogP contribution in [-0.2, 0) is 6.54 Å². The first-order valence-electron chi connectivity index (χ1n) is 5.45. The van der Waals surface area contributed by atoms with Gasteiger partial charge in [-0.2, -0.15) is 0 Å². The first-order valence-corrected chi connectivity index (χ1v) is 5.45. The van der Waals surface area contributed by atoms with Crippen LogP contribution in [0.2, 0.25) is 0 Å². The third-order valence-electron chi connectivity index (χ3n) is 2.56. The van der Waals surface area contributed by atoms with Crippen LogP contribution in [0.4, 0.5) is 0 Å². The lowest BCUT2D eigenvalue weighted by atomic mass is 10.1. The number of nitrogens with one attached hydrogen (secondary N) is 1. The molecule has 5 heteroatoms. The van der Waals surface area contributed by atoms with Crippen LogP contribution in [0.15, 0.2) is 23.0 Å². The zero-order chi connectivity index (χ0) is 12.6. The molecule has 1 aromatic heterocycles.